The van der Waals surface area contributed by atoms with Gasteiger partial charge < -0.3 is 0 Å². The van der Waals surface area contributed by atoms with Crippen LogP contribution in [-0.4, -0.2) is 46.0 Å². The van der Waals surface area contributed by atoms with Crippen molar-refractivity contribution in [3.05, 3.63) is 0 Å². The Labute approximate surface area is 106 Å². The molecule has 0 aliphatic rings. The standard InChI is InChI=1S/C8H18BrNO4S2/c1-3-4-8(9)7-10-16(13,14)6-5-15(2,11)12/h8,10H,3-7H2,1-2H3. The van der Waals surface area contributed by atoms with Gasteiger partial charge in [0, 0.05) is 17.6 Å². The summed E-state index contributed by atoms with van der Waals surface area (Å²) in [7, 11) is -6.72. The third kappa shape index (κ3) is 9.56. The zero-order valence-corrected chi connectivity index (χ0v) is 12.7. The molecule has 0 heterocycles. The Bertz CT molecular complexity index is 390. The summed E-state index contributed by atoms with van der Waals surface area (Å²) in [6, 6.07) is 0. The van der Waals surface area contributed by atoms with Gasteiger partial charge in [0.25, 0.3) is 0 Å². The summed E-state index contributed by atoms with van der Waals surface area (Å²) in [6.07, 6.45) is 2.85. The monoisotopic (exact) mass is 335 g/mol. The predicted octanol–water partition coefficient (Wildman–Crippen LogP) is 0.514. The van der Waals surface area contributed by atoms with Crippen LogP contribution in [-0.2, 0) is 19.9 Å². The Morgan fingerprint density at radius 3 is 2.19 bits per heavy atom. The van der Waals surface area contributed by atoms with Crippen LogP contribution in [0.3, 0.4) is 0 Å². The van der Waals surface area contributed by atoms with E-state index in [1.165, 1.54) is 0 Å². The van der Waals surface area contributed by atoms with Crippen molar-refractivity contribution in [2.45, 2.75) is 24.6 Å². The van der Waals surface area contributed by atoms with Crippen LogP contribution in [0.25, 0.3) is 0 Å². The Morgan fingerprint density at radius 2 is 1.75 bits per heavy atom. The summed E-state index contributed by atoms with van der Waals surface area (Å²) in [6.45, 7) is 2.30. The summed E-state index contributed by atoms with van der Waals surface area (Å²) in [4.78, 5) is 0.0884. The van der Waals surface area contributed by atoms with E-state index in [1.807, 2.05) is 6.92 Å². The average molecular weight is 336 g/mol. The number of alkyl halides is 1. The van der Waals surface area contributed by atoms with Gasteiger partial charge in [-0.25, -0.2) is 21.6 Å². The third-order valence-electron chi connectivity index (χ3n) is 1.85. The van der Waals surface area contributed by atoms with Gasteiger partial charge in [-0.2, -0.15) is 0 Å². The van der Waals surface area contributed by atoms with Crippen molar-refractivity contribution in [1.82, 2.24) is 4.72 Å². The number of hydrogen-bond acceptors (Lipinski definition) is 4. The second kappa shape index (κ2) is 6.93. The quantitative estimate of drug-likeness (QED) is 0.655. The average Bonchev–Trinajstić information content (AvgIpc) is 2.12. The molecule has 16 heavy (non-hydrogen) atoms. The Balaban J connectivity index is 4.07. The molecular weight excluding hydrogens is 318 g/mol. The molecule has 0 fully saturated rings. The van der Waals surface area contributed by atoms with Crippen LogP contribution in [0.5, 0.6) is 0 Å². The van der Waals surface area contributed by atoms with E-state index >= 15 is 0 Å². The van der Waals surface area contributed by atoms with Crippen LogP contribution in [0.4, 0.5) is 0 Å². The number of rotatable bonds is 8. The summed E-state index contributed by atoms with van der Waals surface area (Å²) in [5.41, 5.74) is 0. The molecule has 0 aromatic rings. The molecule has 0 rings (SSSR count). The largest absolute Gasteiger partial charge is 0.229 e. The second-order valence-electron chi connectivity index (χ2n) is 3.68. The van der Waals surface area contributed by atoms with Gasteiger partial charge in [0.2, 0.25) is 10.0 Å². The van der Waals surface area contributed by atoms with Gasteiger partial charge in [0.05, 0.1) is 11.5 Å². The molecule has 0 saturated heterocycles. The van der Waals surface area contributed by atoms with Crippen molar-refractivity contribution in [2.24, 2.45) is 0 Å². The van der Waals surface area contributed by atoms with Crippen LogP contribution < -0.4 is 4.72 Å². The van der Waals surface area contributed by atoms with Crippen LogP contribution in [0.1, 0.15) is 19.8 Å². The molecule has 8 heteroatoms. The lowest BCUT2D eigenvalue weighted by molar-refractivity contribution is 0.576. The van der Waals surface area contributed by atoms with E-state index in [1.54, 1.807) is 0 Å². The van der Waals surface area contributed by atoms with Crippen molar-refractivity contribution in [2.75, 3.05) is 24.3 Å². The van der Waals surface area contributed by atoms with Gasteiger partial charge in [-0.15, -0.1) is 0 Å². The Hall–Kier alpha value is 0.340. The van der Waals surface area contributed by atoms with Gasteiger partial charge in [0.15, 0.2) is 0 Å². The zero-order valence-electron chi connectivity index (χ0n) is 9.44. The fourth-order valence-corrected chi connectivity index (χ4v) is 4.49. The summed E-state index contributed by atoms with van der Waals surface area (Å²) >= 11 is 3.34. The van der Waals surface area contributed by atoms with Gasteiger partial charge in [-0.05, 0) is 6.42 Å². The lowest BCUT2D eigenvalue weighted by Crippen LogP contribution is -2.33. The van der Waals surface area contributed by atoms with Crippen molar-refractivity contribution in [1.29, 1.82) is 0 Å². The molecule has 0 aromatic heterocycles. The van der Waals surface area contributed by atoms with Crippen LogP contribution in [0.2, 0.25) is 0 Å². The molecule has 0 bridgehead atoms. The van der Waals surface area contributed by atoms with Crippen molar-refractivity contribution in [3.63, 3.8) is 0 Å². The molecular formula is C8H18BrNO4S2. The van der Waals surface area contributed by atoms with Gasteiger partial charge in [0.1, 0.15) is 9.84 Å². The first-order valence-electron chi connectivity index (χ1n) is 4.95. The highest BCUT2D eigenvalue weighted by Crippen LogP contribution is 2.06. The molecule has 0 radical (unpaired) electrons. The highest BCUT2D eigenvalue weighted by Gasteiger charge is 2.15. The molecule has 1 N–H and O–H groups in total. The van der Waals surface area contributed by atoms with E-state index in [0.29, 0.717) is 6.54 Å². The highest BCUT2D eigenvalue weighted by molar-refractivity contribution is 9.09. The maximum atomic E-state index is 11.4. The normalized spacial score (nSPS) is 14.9. The van der Waals surface area contributed by atoms with E-state index in [2.05, 4.69) is 20.7 Å². The van der Waals surface area contributed by atoms with E-state index < -0.39 is 19.9 Å². The molecule has 0 aliphatic heterocycles. The number of sulfone groups is 1. The number of nitrogens with one attached hydrogen (secondary N) is 1. The van der Waals surface area contributed by atoms with Crippen LogP contribution >= 0.6 is 15.9 Å². The molecule has 0 amide bonds. The van der Waals surface area contributed by atoms with Gasteiger partial charge in [-0.3, -0.25) is 0 Å². The van der Waals surface area contributed by atoms with Crippen molar-refractivity contribution >= 4 is 35.8 Å². The van der Waals surface area contributed by atoms with Crippen molar-refractivity contribution < 1.29 is 16.8 Å². The molecule has 1 atom stereocenters. The lowest BCUT2D eigenvalue weighted by Gasteiger charge is -2.10. The van der Waals surface area contributed by atoms with Crippen molar-refractivity contribution in [3.8, 4) is 0 Å². The molecule has 0 aliphatic carbocycles. The minimum atomic E-state index is -3.49. The molecule has 0 spiro atoms. The number of sulfonamides is 1. The first kappa shape index (κ1) is 16.3. The van der Waals surface area contributed by atoms with Gasteiger partial charge >= 0.3 is 0 Å². The zero-order chi connectivity index (χ0) is 12.8. The van der Waals surface area contributed by atoms with Crippen LogP contribution in [0.15, 0.2) is 0 Å². The predicted molar refractivity (Wildman–Crippen MR) is 69.1 cm³/mol. The summed E-state index contributed by atoms with van der Waals surface area (Å²) in [5.74, 6) is -0.721. The first-order chi connectivity index (χ1) is 7.16. The summed E-state index contributed by atoms with van der Waals surface area (Å²) in [5, 5.41) is 0. The van der Waals surface area contributed by atoms with E-state index in [9.17, 15) is 16.8 Å². The third-order valence-corrected chi connectivity index (χ3v) is 5.18. The van der Waals surface area contributed by atoms with Gasteiger partial charge in [-0.1, -0.05) is 29.3 Å². The van der Waals surface area contributed by atoms with Crippen LogP contribution in [0, 0.1) is 0 Å². The lowest BCUT2D eigenvalue weighted by atomic mass is 10.2. The summed E-state index contributed by atoms with van der Waals surface area (Å²) < 4.78 is 46.8. The molecule has 1 unspecified atom stereocenters. The molecule has 0 saturated carbocycles. The minimum absolute atomic E-state index is 0.0884. The Morgan fingerprint density at radius 1 is 1.19 bits per heavy atom. The van der Waals surface area contributed by atoms with E-state index in [-0.39, 0.29) is 16.3 Å². The maximum absolute atomic E-state index is 11.4. The SMILES string of the molecule is CCCC(Br)CNS(=O)(=O)CCS(C)(=O)=O. The number of halogens is 1. The minimum Gasteiger partial charge on any atom is -0.229 e. The fourth-order valence-electron chi connectivity index (χ4n) is 0.966. The van der Waals surface area contributed by atoms with E-state index in [0.717, 1.165) is 19.1 Å². The smallest absolute Gasteiger partial charge is 0.212 e. The number of hydrogen-bond donors (Lipinski definition) is 1. The molecule has 98 valence electrons. The first-order valence-corrected chi connectivity index (χ1v) is 9.58. The topological polar surface area (TPSA) is 80.3 Å². The van der Waals surface area contributed by atoms with E-state index in [4.69, 9.17) is 0 Å². The molecule has 5 nitrogen and oxygen atoms in total. The fraction of sp³-hybridized carbons (Fsp3) is 1.00. The molecule has 0 aromatic carbocycles. The second-order valence-corrected chi connectivity index (χ2v) is 9.16. The maximum Gasteiger partial charge on any atom is 0.212 e. The highest BCUT2D eigenvalue weighted by atomic mass is 79.9. The Kier molecular flexibility index (Phi) is 7.07.